The smallest absolute Gasteiger partial charge is 0.317 e. The number of carbonyl (C=O) groups excluding carboxylic acids is 2. The maximum absolute atomic E-state index is 13.1. The number of piperidine rings is 1. The van der Waals surface area contributed by atoms with E-state index in [1.165, 1.54) is 18.6 Å². The van der Waals surface area contributed by atoms with E-state index in [-0.39, 0.29) is 23.9 Å². The maximum Gasteiger partial charge on any atom is 0.317 e. The number of hydrogen-bond acceptors (Lipinski definition) is 3. The third-order valence-corrected chi connectivity index (χ3v) is 4.92. The molecule has 0 spiro atoms. The number of ether oxygens (including phenoxy) is 1. The Bertz CT molecular complexity index is 617. The molecule has 1 N–H and O–H groups in total. The first-order valence-electron chi connectivity index (χ1n) is 9.31. The highest BCUT2D eigenvalue weighted by Crippen LogP contribution is 2.22. The molecule has 2 heterocycles. The first-order chi connectivity index (χ1) is 12.6. The van der Waals surface area contributed by atoms with Crippen LogP contribution in [0.5, 0.6) is 0 Å². The molecule has 2 fully saturated rings. The van der Waals surface area contributed by atoms with E-state index in [4.69, 9.17) is 4.74 Å². The summed E-state index contributed by atoms with van der Waals surface area (Å²) in [5, 5.41) is 2.83. The van der Waals surface area contributed by atoms with Crippen LogP contribution in [0.15, 0.2) is 24.3 Å². The van der Waals surface area contributed by atoms with Gasteiger partial charge in [0.2, 0.25) is 5.91 Å². The summed E-state index contributed by atoms with van der Waals surface area (Å²) in [6, 6.07) is 5.96. The molecule has 0 radical (unpaired) electrons. The molecule has 7 heteroatoms. The van der Waals surface area contributed by atoms with Crippen LogP contribution in [0, 0.1) is 5.82 Å². The fourth-order valence-corrected chi connectivity index (χ4v) is 3.40. The number of carbonyl (C=O) groups is 2. The summed E-state index contributed by atoms with van der Waals surface area (Å²) in [5.74, 6) is -0.186. The van der Waals surface area contributed by atoms with Gasteiger partial charge in [-0.25, -0.2) is 9.18 Å². The lowest BCUT2D eigenvalue weighted by atomic mass is 10.1. The summed E-state index contributed by atoms with van der Waals surface area (Å²) in [5.41, 5.74) is 0.851. The van der Waals surface area contributed by atoms with Crippen LogP contribution in [0.3, 0.4) is 0 Å². The van der Waals surface area contributed by atoms with Gasteiger partial charge < -0.3 is 19.9 Å². The number of benzene rings is 1. The van der Waals surface area contributed by atoms with Crippen LogP contribution in [0.25, 0.3) is 0 Å². The van der Waals surface area contributed by atoms with Crippen molar-refractivity contribution in [1.82, 2.24) is 15.1 Å². The highest BCUT2D eigenvalue weighted by atomic mass is 19.1. The van der Waals surface area contributed by atoms with Crippen molar-refractivity contribution in [1.29, 1.82) is 0 Å². The fourth-order valence-electron chi connectivity index (χ4n) is 3.40. The number of nitrogens with one attached hydrogen (secondary N) is 1. The largest absolute Gasteiger partial charge is 0.370 e. The van der Waals surface area contributed by atoms with Crippen molar-refractivity contribution in [2.75, 3.05) is 39.3 Å². The molecule has 1 aromatic rings. The predicted molar refractivity (Wildman–Crippen MR) is 95.1 cm³/mol. The normalized spacial score (nSPS) is 20.7. The molecule has 3 amide bonds. The molecule has 0 bridgehead atoms. The van der Waals surface area contributed by atoms with Crippen molar-refractivity contribution in [2.45, 2.75) is 31.8 Å². The van der Waals surface area contributed by atoms with Crippen molar-refractivity contribution >= 4 is 11.9 Å². The van der Waals surface area contributed by atoms with E-state index in [2.05, 4.69) is 5.32 Å². The van der Waals surface area contributed by atoms with Gasteiger partial charge in [-0.3, -0.25) is 4.79 Å². The van der Waals surface area contributed by atoms with Gasteiger partial charge in [0.1, 0.15) is 11.9 Å². The van der Waals surface area contributed by atoms with Crippen molar-refractivity contribution < 1.29 is 18.7 Å². The minimum atomic E-state index is -0.294. The minimum absolute atomic E-state index is 0.108. The highest BCUT2D eigenvalue weighted by molar-refractivity contribution is 5.78. The molecule has 3 rings (SSSR count). The quantitative estimate of drug-likeness (QED) is 0.893. The van der Waals surface area contributed by atoms with Gasteiger partial charge in [-0.05, 0) is 37.0 Å². The number of rotatable bonds is 4. The van der Waals surface area contributed by atoms with Gasteiger partial charge in [0.15, 0.2) is 0 Å². The monoisotopic (exact) mass is 363 g/mol. The topological polar surface area (TPSA) is 61.9 Å². The molecule has 26 heavy (non-hydrogen) atoms. The summed E-state index contributed by atoms with van der Waals surface area (Å²) in [6.45, 7) is 3.35. The second-order valence-corrected chi connectivity index (χ2v) is 6.78. The Hall–Kier alpha value is -2.15. The number of morpholine rings is 1. The number of nitrogens with zero attached hydrogens (tertiary/aromatic N) is 2. The Morgan fingerprint density at radius 2 is 1.81 bits per heavy atom. The van der Waals surface area contributed by atoms with Crippen molar-refractivity contribution in [3.63, 3.8) is 0 Å². The molecule has 1 atom stereocenters. The zero-order valence-corrected chi connectivity index (χ0v) is 15.0. The standard InChI is InChI=1S/C19H26FN3O3/c20-16-6-4-15(5-7-16)17-14-23(12-13-26-17)19(25)21-9-8-18(24)22-10-2-1-3-11-22/h4-7,17H,1-3,8-14H2,(H,21,25). The molecule has 0 aliphatic carbocycles. The fraction of sp³-hybridized carbons (Fsp3) is 0.579. The number of likely N-dealkylation sites (tertiary alicyclic amines) is 1. The second kappa shape index (κ2) is 8.98. The molecule has 142 valence electrons. The molecular formula is C19H26FN3O3. The van der Waals surface area contributed by atoms with Crippen molar-refractivity contribution in [3.05, 3.63) is 35.6 Å². The molecule has 1 unspecified atom stereocenters. The first-order valence-corrected chi connectivity index (χ1v) is 9.31. The van der Waals surface area contributed by atoms with E-state index in [9.17, 15) is 14.0 Å². The number of hydrogen-bond donors (Lipinski definition) is 1. The van der Waals surface area contributed by atoms with Gasteiger partial charge in [-0.1, -0.05) is 12.1 Å². The first kappa shape index (κ1) is 18.6. The van der Waals surface area contributed by atoms with E-state index >= 15 is 0 Å². The van der Waals surface area contributed by atoms with Crippen LogP contribution in [0.4, 0.5) is 9.18 Å². The van der Waals surface area contributed by atoms with Crippen LogP contribution in [-0.4, -0.2) is 61.1 Å². The summed E-state index contributed by atoms with van der Waals surface area (Å²) in [4.78, 5) is 28.1. The van der Waals surface area contributed by atoms with Gasteiger partial charge in [0, 0.05) is 32.6 Å². The van der Waals surface area contributed by atoms with Gasteiger partial charge in [0.05, 0.1) is 13.2 Å². The van der Waals surface area contributed by atoms with Crippen LogP contribution in [-0.2, 0) is 9.53 Å². The van der Waals surface area contributed by atoms with E-state index < -0.39 is 0 Å². The second-order valence-electron chi connectivity index (χ2n) is 6.78. The molecule has 0 aromatic heterocycles. The number of urea groups is 1. The lowest BCUT2D eigenvalue weighted by Gasteiger charge is -2.33. The summed E-state index contributed by atoms with van der Waals surface area (Å²) < 4.78 is 18.8. The third kappa shape index (κ3) is 4.94. The van der Waals surface area contributed by atoms with Gasteiger partial charge >= 0.3 is 6.03 Å². The van der Waals surface area contributed by atoms with Gasteiger partial charge in [-0.15, -0.1) is 0 Å². The van der Waals surface area contributed by atoms with Gasteiger partial charge in [0.25, 0.3) is 0 Å². The average Bonchev–Trinajstić information content (AvgIpc) is 2.69. The Balaban J connectivity index is 1.43. The highest BCUT2D eigenvalue weighted by Gasteiger charge is 2.25. The molecule has 2 aliphatic rings. The molecule has 2 saturated heterocycles. The van der Waals surface area contributed by atoms with E-state index in [1.54, 1.807) is 17.0 Å². The lowest BCUT2D eigenvalue weighted by molar-refractivity contribution is -0.131. The molecule has 1 aromatic carbocycles. The van der Waals surface area contributed by atoms with Crippen LogP contribution in [0.1, 0.15) is 37.4 Å². The van der Waals surface area contributed by atoms with Crippen molar-refractivity contribution in [2.24, 2.45) is 0 Å². The molecule has 2 aliphatic heterocycles. The Morgan fingerprint density at radius 3 is 2.54 bits per heavy atom. The van der Waals surface area contributed by atoms with Crippen molar-refractivity contribution in [3.8, 4) is 0 Å². The zero-order chi connectivity index (χ0) is 18.4. The van der Waals surface area contributed by atoms with E-state index in [0.29, 0.717) is 32.7 Å². The Labute approximate surface area is 153 Å². The lowest BCUT2D eigenvalue weighted by Crippen LogP contribution is -2.48. The zero-order valence-electron chi connectivity index (χ0n) is 15.0. The van der Waals surface area contributed by atoms with Gasteiger partial charge in [-0.2, -0.15) is 0 Å². The number of halogens is 1. The Kier molecular flexibility index (Phi) is 6.44. The van der Waals surface area contributed by atoms with Crippen LogP contribution in [0.2, 0.25) is 0 Å². The summed E-state index contributed by atoms with van der Waals surface area (Å²) in [7, 11) is 0. The SMILES string of the molecule is O=C(CCNC(=O)N1CCOC(c2ccc(F)cc2)C1)N1CCCCC1. The van der Waals surface area contributed by atoms with Crippen LogP contribution >= 0.6 is 0 Å². The maximum atomic E-state index is 13.1. The Morgan fingerprint density at radius 1 is 1.08 bits per heavy atom. The molecular weight excluding hydrogens is 337 g/mol. The summed E-state index contributed by atoms with van der Waals surface area (Å²) in [6.07, 6.45) is 3.39. The average molecular weight is 363 g/mol. The van der Waals surface area contributed by atoms with E-state index in [1.807, 2.05) is 4.90 Å². The minimum Gasteiger partial charge on any atom is -0.370 e. The molecule has 6 nitrogen and oxygen atoms in total. The van der Waals surface area contributed by atoms with Crippen LogP contribution < -0.4 is 5.32 Å². The predicted octanol–water partition coefficient (Wildman–Crippen LogP) is 2.31. The number of amides is 3. The van der Waals surface area contributed by atoms with E-state index in [0.717, 1.165) is 31.5 Å². The third-order valence-electron chi connectivity index (χ3n) is 4.92. The molecule has 0 saturated carbocycles. The summed E-state index contributed by atoms with van der Waals surface area (Å²) >= 11 is 0.